The maximum Gasteiger partial charge on any atom is 0.311 e. The Labute approximate surface area is 158 Å². The van der Waals surface area contributed by atoms with Crippen molar-refractivity contribution in [1.29, 1.82) is 0 Å². The van der Waals surface area contributed by atoms with Gasteiger partial charge in [0.05, 0.1) is 18.5 Å². The highest BCUT2D eigenvalue weighted by molar-refractivity contribution is 5.95. The first-order valence-electron chi connectivity index (χ1n) is 7.98. The molecule has 0 fully saturated rings. The Hall–Kier alpha value is -3.56. The van der Waals surface area contributed by atoms with Crippen molar-refractivity contribution in [3.05, 3.63) is 63.7 Å². The van der Waals surface area contributed by atoms with Crippen LogP contribution < -0.4 is 10.1 Å². The summed E-state index contributed by atoms with van der Waals surface area (Å²) < 4.78 is 36.7. The van der Waals surface area contributed by atoms with Gasteiger partial charge in [-0.1, -0.05) is 6.07 Å². The number of ether oxygens (including phenoxy) is 2. The van der Waals surface area contributed by atoms with E-state index in [0.29, 0.717) is 5.56 Å². The van der Waals surface area contributed by atoms with Crippen molar-refractivity contribution < 1.29 is 32.8 Å². The predicted octanol–water partition coefficient (Wildman–Crippen LogP) is 2.99. The number of anilines is 1. The molecule has 0 unspecified atom stereocenters. The van der Waals surface area contributed by atoms with Gasteiger partial charge in [0.25, 0.3) is 5.91 Å². The van der Waals surface area contributed by atoms with E-state index in [1.807, 2.05) is 0 Å². The second kappa shape index (κ2) is 8.89. The monoisotopic (exact) mass is 394 g/mol. The third kappa shape index (κ3) is 5.22. The van der Waals surface area contributed by atoms with Crippen LogP contribution in [-0.2, 0) is 20.7 Å². The minimum absolute atomic E-state index is 0.0262. The quantitative estimate of drug-likeness (QED) is 0.439. The number of nitrogens with zero attached hydrogens (tertiary/aromatic N) is 1. The van der Waals surface area contributed by atoms with Crippen molar-refractivity contribution in [2.45, 2.75) is 19.4 Å². The smallest absolute Gasteiger partial charge is 0.311 e. The zero-order valence-electron chi connectivity index (χ0n) is 14.9. The average molecular weight is 394 g/mol. The Morgan fingerprint density at radius 3 is 2.50 bits per heavy atom. The Balaban J connectivity index is 1.96. The summed E-state index contributed by atoms with van der Waals surface area (Å²) in [6, 6.07) is 6.77. The van der Waals surface area contributed by atoms with Crippen molar-refractivity contribution in [2.75, 3.05) is 12.4 Å². The van der Waals surface area contributed by atoms with Crippen molar-refractivity contribution in [1.82, 2.24) is 0 Å². The summed E-state index contributed by atoms with van der Waals surface area (Å²) in [7, 11) is 1.31. The van der Waals surface area contributed by atoms with Crippen LogP contribution >= 0.6 is 0 Å². The Kier molecular flexibility index (Phi) is 6.59. The number of esters is 1. The van der Waals surface area contributed by atoms with Crippen molar-refractivity contribution in [2.24, 2.45) is 0 Å². The molecule has 0 bridgehead atoms. The van der Waals surface area contributed by atoms with E-state index in [9.17, 15) is 28.5 Å². The number of nitro groups is 1. The van der Waals surface area contributed by atoms with E-state index >= 15 is 0 Å². The highest BCUT2D eigenvalue weighted by Crippen LogP contribution is 2.22. The molecule has 8 nitrogen and oxygen atoms in total. The number of benzene rings is 2. The average Bonchev–Trinajstić information content (AvgIpc) is 2.63. The molecule has 0 aliphatic carbocycles. The van der Waals surface area contributed by atoms with Gasteiger partial charge in [-0.25, -0.2) is 4.39 Å². The molecule has 0 heterocycles. The van der Waals surface area contributed by atoms with Crippen LogP contribution in [0.5, 0.6) is 5.75 Å². The predicted molar refractivity (Wildman–Crippen MR) is 93.9 cm³/mol. The van der Waals surface area contributed by atoms with Crippen molar-refractivity contribution >= 4 is 23.3 Å². The molecule has 2 rings (SSSR count). The molecule has 0 saturated carbocycles. The molecule has 0 aliphatic rings. The minimum Gasteiger partial charge on any atom is -0.494 e. The van der Waals surface area contributed by atoms with Gasteiger partial charge in [-0.2, -0.15) is 4.39 Å². The summed E-state index contributed by atoms with van der Waals surface area (Å²) in [5.41, 5.74) is -0.507. The molecule has 0 saturated heterocycles. The Morgan fingerprint density at radius 1 is 1.18 bits per heavy atom. The lowest BCUT2D eigenvalue weighted by molar-refractivity contribution is -0.387. The zero-order valence-corrected chi connectivity index (χ0v) is 14.9. The lowest BCUT2D eigenvalue weighted by atomic mass is 10.1. The molecule has 1 atom stereocenters. The van der Waals surface area contributed by atoms with Crippen LogP contribution in [0.25, 0.3) is 0 Å². The fraction of sp³-hybridized carbons (Fsp3) is 0.222. The number of nitro benzene ring substituents is 1. The van der Waals surface area contributed by atoms with E-state index in [0.717, 1.165) is 24.3 Å². The number of carbonyl (C=O) groups is 2. The van der Waals surface area contributed by atoms with Gasteiger partial charge in [0.1, 0.15) is 0 Å². The van der Waals surface area contributed by atoms with E-state index in [4.69, 9.17) is 9.47 Å². The summed E-state index contributed by atoms with van der Waals surface area (Å²) >= 11 is 0. The normalized spacial score (nSPS) is 11.4. The second-order valence-electron chi connectivity index (χ2n) is 5.69. The number of methoxy groups -OCH3 is 1. The van der Waals surface area contributed by atoms with Gasteiger partial charge in [0.15, 0.2) is 17.7 Å². The van der Waals surface area contributed by atoms with Crippen LogP contribution in [0.3, 0.4) is 0 Å². The molecule has 10 heteroatoms. The first-order chi connectivity index (χ1) is 13.2. The number of rotatable bonds is 7. The molecular formula is C18H16F2N2O6. The zero-order chi connectivity index (χ0) is 20.8. The summed E-state index contributed by atoms with van der Waals surface area (Å²) in [6.45, 7) is 1.29. The van der Waals surface area contributed by atoms with E-state index in [2.05, 4.69) is 5.32 Å². The van der Waals surface area contributed by atoms with Gasteiger partial charge in [0.2, 0.25) is 5.82 Å². The Bertz CT molecular complexity index is 919. The molecule has 0 radical (unpaired) electrons. The Morgan fingerprint density at radius 2 is 1.89 bits per heavy atom. The maximum absolute atomic E-state index is 13.6. The maximum atomic E-state index is 13.6. The van der Waals surface area contributed by atoms with Crippen LogP contribution in [0.1, 0.15) is 12.5 Å². The van der Waals surface area contributed by atoms with Crippen molar-refractivity contribution in [3.63, 3.8) is 0 Å². The van der Waals surface area contributed by atoms with Gasteiger partial charge in [-0.15, -0.1) is 0 Å². The van der Waals surface area contributed by atoms with E-state index in [1.54, 1.807) is 0 Å². The molecule has 148 valence electrons. The van der Waals surface area contributed by atoms with Crippen LogP contribution in [0.2, 0.25) is 0 Å². The third-order valence-corrected chi connectivity index (χ3v) is 3.65. The molecule has 28 heavy (non-hydrogen) atoms. The molecule has 2 aromatic rings. The highest BCUT2D eigenvalue weighted by atomic mass is 19.1. The number of nitrogens with one attached hydrogen (secondary N) is 1. The van der Waals surface area contributed by atoms with Crippen LogP contribution in [0.4, 0.5) is 20.2 Å². The lowest BCUT2D eigenvalue weighted by Crippen LogP contribution is -2.30. The number of hydrogen-bond donors (Lipinski definition) is 1. The SMILES string of the molecule is COc1ccc(CC(=O)O[C@H](C)C(=O)Nc2ccc(F)c([N+](=O)[O-])c2)cc1F. The number of halogens is 2. The van der Waals surface area contributed by atoms with Gasteiger partial charge in [-0.05, 0) is 36.8 Å². The van der Waals surface area contributed by atoms with E-state index in [1.165, 1.54) is 26.2 Å². The summed E-state index contributed by atoms with van der Waals surface area (Å²) in [5, 5.41) is 13.0. The van der Waals surface area contributed by atoms with Crippen LogP contribution in [0.15, 0.2) is 36.4 Å². The van der Waals surface area contributed by atoms with E-state index < -0.39 is 40.2 Å². The molecule has 2 aromatic carbocycles. The minimum atomic E-state index is -1.24. The number of carbonyl (C=O) groups excluding carboxylic acids is 2. The second-order valence-corrected chi connectivity index (χ2v) is 5.69. The summed E-state index contributed by atoms with van der Waals surface area (Å²) in [4.78, 5) is 33.8. The topological polar surface area (TPSA) is 108 Å². The fourth-order valence-corrected chi connectivity index (χ4v) is 2.25. The first kappa shape index (κ1) is 20.7. The summed E-state index contributed by atoms with van der Waals surface area (Å²) in [5.74, 6) is -3.21. The van der Waals surface area contributed by atoms with Crippen LogP contribution in [0, 0.1) is 21.7 Å². The summed E-state index contributed by atoms with van der Waals surface area (Å²) in [6.07, 6.45) is -1.51. The largest absolute Gasteiger partial charge is 0.494 e. The fourth-order valence-electron chi connectivity index (χ4n) is 2.25. The molecular weight excluding hydrogens is 378 g/mol. The first-order valence-corrected chi connectivity index (χ1v) is 7.98. The lowest BCUT2D eigenvalue weighted by Gasteiger charge is -2.14. The standard InChI is InChI=1S/C18H16F2N2O6/c1-10(18(24)21-12-4-5-13(19)15(9-12)22(25)26)28-17(23)8-11-3-6-16(27-2)14(20)7-11/h3-7,9-10H,8H2,1-2H3,(H,21,24)/t10-/m1/s1. The highest BCUT2D eigenvalue weighted by Gasteiger charge is 2.21. The van der Waals surface area contributed by atoms with Crippen molar-refractivity contribution in [3.8, 4) is 5.75 Å². The van der Waals surface area contributed by atoms with Gasteiger partial charge < -0.3 is 14.8 Å². The molecule has 0 spiro atoms. The van der Waals surface area contributed by atoms with Gasteiger partial charge >= 0.3 is 11.7 Å². The molecule has 1 N–H and O–H groups in total. The third-order valence-electron chi connectivity index (χ3n) is 3.65. The van der Waals surface area contributed by atoms with Gasteiger partial charge in [-0.3, -0.25) is 19.7 Å². The van der Waals surface area contributed by atoms with Crippen LogP contribution in [-0.4, -0.2) is 30.0 Å². The number of amides is 1. The van der Waals surface area contributed by atoms with Gasteiger partial charge in [0, 0.05) is 11.8 Å². The van der Waals surface area contributed by atoms with E-state index in [-0.39, 0.29) is 17.9 Å². The molecule has 0 aromatic heterocycles. The number of hydrogen-bond acceptors (Lipinski definition) is 6. The molecule has 0 aliphatic heterocycles. The molecule has 1 amide bonds.